The zero-order valence-corrected chi connectivity index (χ0v) is 21.3. The van der Waals surface area contributed by atoms with Gasteiger partial charge >= 0.3 is 0 Å². The number of phenols is 1. The fourth-order valence-electron chi connectivity index (χ4n) is 4.38. The van der Waals surface area contributed by atoms with Gasteiger partial charge in [0.25, 0.3) is 0 Å². The molecule has 0 radical (unpaired) electrons. The predicted octanol–water partition coefficient (Wildman–Crippen LogP) is -2.79. The van der Waals surface area contributed by atoms with Gasteiger partial charge in [-0.25, -0.2) is 0 Å². The first kappa shape index (κ1) is 30.4. The topological polar surface area (TPSA) is 236 Å². The highest BCUT2D eigenvalue weighted by atomic mass is 16.7. The molecule has 1 aromatic carbocycles. The number of hydrogen-bond acceptors (Lipinski definition) is 14. The second-order valence-corrected chi connectivity index (χ2v) is 9.78. The molecular weight excluding hydrogens is 512 g/mol. The number of rotatable bonds is 8. The molecule has 2 heterocycles. The van der Waals surface area contributed by atoms with Gasteiger partial charge in [-0.05, 0) is 13.8 Å². The Morgan fingerprint density at radius 1 is 0.737 bits per heavy atom. The molecule has 38 heavy (non-hydrogen) atoms. The minimum absolute atomic E-state index is 0.0182. The van der Waals surface area contributed by atoms with Gasteiger partial charge in [-0.1, -0.05) is 13.8 Å². The first-order valence-corrected chi connectivity index (χ1v) is 12.1. The summed E-state index contributed by atoms with van der Waals surface area (Å²) in [5, 5.41) is 91.2. The summed E-state index contributed by atoms with van der Waals surface area (Å²) in [6.07, 6.45) is -16.4. The number of carbonyl (C=O) groups is 1. The molecule has 10 atom stereocenters. The lowest BCUT2D eigenvalue weighted by atomic mass is 9.93. The highest BCUT2D eigenvalue weighted by Crippen LogP contribution is 2.45. The Balaban J connectivity index is 2.09. The molecule has 2 fully saturated rings. The molecule has 2 saturated heterocycles. The number of aromatic hydroxyl groups is 1. The maximum atomic E-state index is 13.1. The second-order valence-electron chi connectivity index (χ2n) is 9.78. The van der Waals surface area contributed by atoms with E-state index in [1.165, 1.54) is 13.8 Å². The summed E-state index contributed by atoms with van der Waals surface area (Å²) in [5.74, 6) is -2.25. The van der Waals surface area contributed by atoms with E-state index in [9.17, 15) is 50.8 Å². The Bertz CT molecular complexity index is 995. The van der Waals surface area contributed by atoms with E-state index < -0.39 is 92.1 Å². The van der Waals surface area contributed by atoms with Gasteiger partial charge in [0.2, 0.25) is 12.6 Å². The zero-order valence-electron chi connectivity index (χ0n) is 21.3. The van der Waals surface area contributed by atoms with Crippen molar-refractivity contribution < 1.29 is 69.7 Å². The van der Waals surface area contributed by atoms with Crippen molar-refractivity contribution in [2.24, 2.45) is 5.92 Å². The van der Waals surface area contributed by atoms with E-state index in [0.29, 0.717) is 0 Å². The number of ether oxygens (including phenoxy) is 4. The Morgan fingerprint density at radius 2 is 1.16 bits per heavy atom. The lowest BCUT2D eigenvalue weighted by molar-refractivity contribution is -0.279. The van der Waals surface area contributed by atoms with Gasteiger partial charge in [0.1, 0.15) is 71.6 Å². The first-order chi connectivity index (χ1) is 17.8. The minimum Gasteiger partial charge on any atom is -0.507 e. The number of carbonyl (C=O) groups excluding carboxylic acids is 1. The third-order valence-corrected chi connectivity index (χ3v) is 6.78. The number of phenolic OH excluding ortho intramolecular Hbond substituents is 1. The molecule has 14 nitrogen and oxygen atoms in total. The molecule has 9 N–H and O–H groups in total. The largest absolute Gasteiger partial charge is 0.507 e. The van der Waals surface area contributed by atoms with Crippen LogP contribution in [0.4, 0.5) is 0 Å². The van der Waals surface area contributed by atoms with E-state index in [4.69, 9.17) is 18.9 Å². The van der Waals surface area contributed by atoms with Crippen molar-refractivity contribution in [2.45, 2.75) is 89.1 Å². The molecule has 1 aromatic rings. The standard InChI is InChI=1S/C24H36O14/c1-7(2)13(27)12-14(28)8(3)21(37-23-19(33)17(31)15(29)10(5-25)35-23)9(4)22(12)38-24-20(34)18(32)16(30)11(6-26)36-24/h7,10-11,15-20,23-26,28-34H,5-6H2,1-4H3/t10-,11-,15-,16-,17+,18+,19-,20-,23+,24+/m1/s1. The van der Waals surface area contributed by atoms with Crippen molar-refractivity contribution in [3.05, 3.63) is 16.7 Å². The van der Waals surface area contributed by atoms with E-state index in [0.717, 1.165) is 0 Å². The van der Waals surface area contributed by atoms with Crippen molar-refractivity contribution in [1.29, 1.82) is 0 Å². The molecule has 2 aliphatic rings. The second kappa shape index (κ2) is 12.0. The summed E-state index contributed by atoms with van der Waals surface area (Å²) in [5.41, 5.74) is -0.226. The van der Waals surface area contributed by atoms with Crippen LogP contribution >= 0.6 is 0 Å². The SMILES string of the molecule is Cc1c(O)c(C(=O)C(C)C)c(O[C@@H]2O[C@H](CO)[C@@H](O)[C@H](O)[C@H]2O)c(C)c1O[C@@H]1O[C@H](CO)[C@@H](O)[C@H](O)[C@H]1O. The van der Waals surface area contributed by atoms with Crippen LogP contribution in [0.5, 0.6) is 17.2 Å². The monoisotopic (exact) mass is 548 g/mol. The van der Waals surface area contributed by atoms with E-state index in [2.05, 4.69) is 0 Å². The van der Waals surface area contributed by atoms with Gasteiger partial charge in [-0.3, -0.25) is 4.79 Å². The fourth-order valence-corrected chi connectivity index (χ4v) is 4.38. The van der Waals surface area contributed by atoms with Crippen LogP contribution in [0.2, 0.25) is 0 Å². The molecule has 0 amide bonds. The number of Topliss-reactive ketones (excluding diaryl/α,β-unsaturated/α-hetero) is 1. The zero-order chi connectivity index (χ0) is 28.6. The molecule has 0 saturated carbocycles. The summed E-state index contributed by atoms with van der Waals surface area (Å²) in [7, 11) is 0. The summed E-state index contributed by atoms with van der Waals surface area (Å²) in [6, 6.07) is 0. The van der Waals surface area contributed by atoms with Crippen molar-refractivity contribution in [1.82, 2.24) is 0 Å². The first-order valence-electron chi connectivity index (χ1n) is 12.1. The third kappa shape index (κ3) is 5.47. The van der Waals surface area contributed by atoms with Crippen molar-refractivity contribution in [3.8, 4) is 17.2 Å². The van der Waals surface area contributed by atoms with E-state index >= 15 is 0 Å². The molecule has 216 valence electrons. The normalized spacial score (nSPS) is 35.8. The van der Waals surface area contributed by atoms with Crippen LogP contribution in [0, 0.1) is 19.8 Å². The summed E-state index contributed by atoms with van der Waals surface area (Å²) < 4.78 is 22.3. The van der Waals surface area contributed by atoms with E-state index in [1.54, 1.807) is 13.8 Å². The number of hydrogen-bond donors (Lipinski definition) is 9. The van der Waals surface area contributed by atoms with Gasteiger partial charge < -0.3 is 64.9 Å². The molecule has 0 aliphatic carbocycles. The third-order valence-electron chi connectivity index (χ3n) is 6.78. The van der Waals surface area contributed by atoms with Crippen LogP contribution in [0.15, 0.2) is 0 Å². The highest BCUT2D eigenvalue weighted by molar-refractivity contribution is 6.03. The maximum Gasteiger partial charge on any atom is 0.229 e. The molecule has 2 aliphatic heterocycles. The van der Waals surface area contributed by atoms with Gasteiger partial charge in [0.15, 0.2) is 5.78 Å². The van der Waals surface area contributed by atoms with Gasteiger partial charge in [-0.2, -0.15) is 0 Å². The Hall–Kier alpha value is -2.11. The lowest BCUT2D eigenvalue weighted by Crippen LogP contribution is -2.60. The molecule has 0 aromatic heterocycles. The Labute approximate surface area is 218 Å². The van der Waals surface area contributed by atoms with Crippen molar-refractivity contribution in [3.63, 3.8) is 0 Å². The van der Waals surface area contributed by atoms with Gasteiger partial charge in [-0.15, -0.1) is 0 Å². The molecule has 0 unspecified atom stereocenters. The van der Waals surface area contributed by atoms with Gasteiger partial charge in [0, 0.05) is 17.0 Å². The number of aliphatic hydroxyl groups is 8. The number of ketones is 1. The summed E-state index contributed by atoms with van der Waals surface area (Å²) in [6.45, 7) is 4.52. The van der Waals surface area contributed by atoms with E-state index in [-0.39, 0.29) is 28.2 Å². The quantitative estimate of drug-likeness (QED) is 0.149. The summed E-state index contributed by atoms with van der Waals surface area (Å²) >= 11 is 0. The van der Waals surface area contributed by atoms with Gasteiger partial charge in [0.05, 0.1) is 13.2 Å². The highest BCUT2D eigenvalue weighted by Gasteiger charge is 2.47. The van der Waals surface area contributed by atoms with Crippen LogP contribution in [-0.2, 0) is 9.47 Å². The molecular formula is C24H36O14. The molecule has 14 heteroatoms. The average molecular weight is 549 g/mol. The number of benzene rings is 1. The minimum atomic E-state index is -1.83. The van der Waals surface area contributed by atoms with Crippen molar-refractivity contribution in [2.75, 3.05) is 13.2 Å². The lowest BCUT2D eigenvalue weighted by Gasteiger charge is -2.41. The fraction of sp³-hybridized carbons (Fsp3) is 0.708. The van der Waals surface area contributed by atoms with Crippen LogP contribution in [-0.4, -0.2) is 126 Å². The van der Waals surface area contributed by atoms with Crippen LogP contribution in [0.3, 0.4) is 0 Å². The van der Waals surface area contributed by atoms with Crippen LogP contribution < -0.4 is 9.47 Å². The van der Waals surface area contributed by atoms with Crippen molar-refractivity contribution >= 4 is 5.78 Å². The smallest absolute Gasteiger partial charge is 0.229 e. The predicted molar refractivity (Wildman–Crippen MR) is 126 cm³/mol. The summed E-state index contributed by atoms with van der Waals surface area (Å²) in [4.78, 5) is 13.1. The maximum absolute atomic E-state index is 13.1. The Kier molecular flexibility index (Phi) is 9.58. The molecule has 0 bridgehead atoms. The van der Waals surface area contributed by atoms with E-state index in [1.807, 2.05) is 0 Å². The molecule has 0 spiro atoms. The Morgan fingerprint density at radius 3 is 1.55 bits per heavy atom. The van der Waals surface area contributed by atoms with Crippen LogP contribution in [0.25, 0.3) is 0 Å². The average Bonchev–Trinajstić information content (AvgIpc) is 2.89. The number of aliphatic hydroxyl groups excluding tert-OH is 8. The van der Waals surface area contributed by atoms with Crippen LogP contribution in [0.1, 0.15) is 35.3 Å². The molecule has 3 rings (SSSR count).